The Balaban J connectivity index is 2.24. The third-order valence-corrected chi connectivity index (χ3v) is 3.69. The van der Waals surface area contributed by atoms with Gasteiger partial charge >= 0.3 is 0 Å². The predicted octanol–water partition coefficient (Wildman–Crippen LogP) is 3.00. The van der Waals surface area contributed by atoms with Crippen molar-refractivity contribution in [3.05, 3.63) is 35.1 Å². The quantitative estimate of drug-likeness (QED) is 0.846. The zero-order valence-electron chi connectivity index (χ0n) is 9.40. The second-order valence-electron chi connectivity index (χ2n) is 4.47. The van der Waals surface area contributed by atoms with Gasteiger partial charge in [-0.2, -0.15) is 0 Å². The molecule has 0 radical (unpaired) electrons. The van der Waals surface area contributed by atoms with Crippen LogP contribution >= 0.6 is 11.6 Å². The van der Waals surface area contributed by atoms with Crippen LogP contribution in [0.15, 0.2) is 12.1 Å². The summed E-state index contributed by atoms with van der Waals surface area (Å²) in [5, 5.41) is 2.52. The van der Waals surface area contributed by atoms with E-state index in [-0.39, 0.29) is 5.88 Å². The fourth-order valence-electron chi connectivity index (χ4n) is 1.96. The number of nitrogens with one attached hydrogen (secondary N) is 1. The van der Waals surface area contributed by atoms with Crippen molar-refractivity contribution in [1.82, 2.24) is 5.32 Å². The van der Waals surface area contributed by atoms with Gasteiger partial charge in [-0.15, -0.1) is 11.6 Å². The Morgan fingerprint density at radius 3 is 2.22 bits per heavy atom. The topological polar surface area (TPSA) is 29.1 Å². The van der Waals surface area contributed by atoms with Crippen molar-refractivity contribution in [2.24, 2.45) is 0 Å². The Kier molecular flexibility index (Phi) is 3.52. The van der Waals surface area contributed by atoms with E-state index in [4.69, 9.17) is 11.6 Å². The second-order valence-corrected chi connectivity index (χ2v) is 4.73. The maximum atomic E-state index is 13.4. The third-order valence-electron chi connectivity index (χ3n) is 3.18. The van der Waals surface area contributed by atoms with Gasteiger partial charge in [0.25, 0.3) is 5.91 Å². The summed E-state index contributed by atoms with van der Waals surface area (Å²) >= 11 is 5.73. The molecule has 0 spiro atoms. The van der Waals surface area contributed by atoms with Crippen LogP contribution in [-0.2, 0) is 0 Å². The van der Waals surface area contributed by atoms with Gasteiger partial charge in [-0.1, -0.05) is 0 Å². The average molecular weight is 278 g/mol. The molecule has 1 aromatic carbocycles. The van der Waals surface area contributed by atoms with Gasteiger partial charge in [0.2, 0.25) is 0 Å². The number of carbonyl (C=O) groups excluding carboxylic acids is 1. The molecular weight excluding hydrogens is 267 g/mol. The van der Waals surface area contributed by atoms with Gasteiger partial charge in [-0.05, 0) is 19.3 Å². The Labute approximate surface area is 107 Å². The molecule has 98 valence electrons. The molecule has 0 saturated heterocycles. The summed E-state index contributed by atoms with van der Waals surface area (Å²) in [6.45, 7) is 0. The van der Waals surface area contributed by atoms with Crippen molar-refractivity contribution in [3.63, 3.8) is 0 Å². The summed E-state index contributed by atoms with van der Waals surface area (Å²) in [6.07, 6.45) is 2.25. The lowest BCUT2D eigenvalue weighted by molar-refractivity contribution is 0.0845. The number of alkyl halides is 1. The minimum Gasteiger partial charge on any atom is -0.345 e. The lowest BCUT2D eigenvalue weighted by atomic mass is 9.78. The Hall–Kier alpha value is -1.23. The van der Waals surface area contributed by atoms with E-state index in [2.05, 4.69) is 5.32 Å². The van der Waals surface area contributed by atoms with Gasteiger partial charge in [-0.25, -0.2) is 13.2 Å². The molecule has 1 aromatic rings. The van der Waals surface area contributed by atoms with Gasteiger partial charge < -0.3 is 5.32 Å². The number of carbonyl (C=O) groups is 1. The smallest absolute Gasteiger partial charge is 0.257 e. The maximum absolute atomic E-state index is 13.4. The van der Waals surface area contributed by atoms with Gasteiger partial charge in [0, 0.05) is 18.0 Å². The molecule has 0 heterocycles. The monoisotopic (exact) mass is 277 g/mol. The fourth-order valence-corrected chi connectivity index (χ4v) is 2.29. The number of rotatable bonds is 3. The number of halogens is 4. The molecule has 1 N–H and O–H groups in total. The van der Waals surface area contributed by atoms with Gasteiger partial charge in [0.1, 0.15) is 23.0 Å². The molecule has 2 rings (SSSR count). The van der Waals surface area contributed by atoms with Crippen LogP contribution in [0.5, 0.6) is 0 Å². The third kappa shape index (κ3) is 2.32. The lowest BCUT2D eigenvalue weighted by Gasteiger charge is -2.41. The molecular formula is C12H11ClF3NO. The lowest BCUT2D eigenvalue weighted by Crippen LogP contribution is -2.55. The van der Waals surface area contributed by atoms with Gasteiger partial charge in [0.15, 0.2) is 0 Å². The first-order valence-electron chi connectivity index (χ1n) is 5.50. The number of hydrogen-bond donors (Lipinski definition) is 1. The van der Waals surface area contributed by atoms with Crippen molar-refractivity contribution < 1.29 is 18.0 Å². The van der Waals surface area contributed by atoms with Crippen LogP contribution in [0.1, 0.15) is 29.6 Å². The summed E-state index contributed by atoms with van der Waals surface area (Å²) < 4.78 is 39.5. The van der Waals surface area contributed by atoms with Crippen molar-refractivity contribution in [1.29, 1.82) is 0 Å². The fraction of sp³-hybridized carbons (Fsp3) is 0.417. The van der Waals surface area contributed by atoms with Crippen molar-refractivity contribution in [2.45, 2.75) is 24.8 Å². The minimum atomic E-state index is -1.21. The van der Waals surface area contributed by atoms with E-state index in [0.717, 1.165) is 6.42 Å². The van der Waals surface area contributed by atoms with Crippen LogP contribution in [-0.4, -0.2) is 17.3 Å². The molecule has 18 heavy (non-hydrogen) atoms. The summed E-state index contributed by atoms with van der Waals surface area (Å²) in [6, 6.07) is 0.957. The molecule has 1 aliphatic rings. The SMILES string of the molecule is O=C(NC1(CCl)CCC1)c1c(F)cc(F)cc1F. The molecule has 6 heteroatoms. The molecule has 0 aliphatic heterocycles. The predicted molar refractivity (Wildman–Crippen MR) is 61.1 cm³/mol. The average Bonchev–Trinajstić information content (AvgIpc) is 2.21. The van der Waals surface area contributed by atoms with Crippen LogP contribution in [0.2, 0.25) is 0 Å². The molecule has 1 fully saturated rings. The van der Waals surface area contributed by atoms with Crippen molar-refractivity contribution >= 4 is 17.5 Å². The van der Waals surface area contributed by atoms with Crippen molar-refractivity contribution in [3.8, 4) is 0 Å². The van der Waals surface area contributed by atoms with E-state index in [1.807, 2.05) is 0 Å². The van der Waals surface area contributed by atoms with E-state index in [1.165, 1.54) is 0 Å². The molecule has 0 atom stereocenters. The number of amides is 1. The van der Waals surface area contributed by atoms with Crippen molar-refractivity contribution in [2.75, 3.05) is 5.88 Å². The summed E-state index contributed by atoms with van der Waals surface area (Å²) in [7, 11) is 0. The van der Waals surface area contributed by atoms with Gasteiger partial charge in [0.05, 0.1) is 5.54 Å². The second kappa shape index (κ2) is 4.80. The first-order chi connectivity index (χ1) is 8.47. The Morgan fingerprint density at radius 1 is 1.28 bits per heavy atom. The molecule has 0 bridgehead atoms. The maximum Gasteiger partial charge on any atom is 0.257 e. The largest absolute Gasteiger partial charge is 0.345 e. The van der Waals surface area contributed by atoms with Crippen LogP contribution in [0.25, 0.3) is 0 Å². The van der Waals surface area contributed by atoms with E-state index in [9.17, 15) is 18.0 Å². The van der Waals surface area contributed by atoms with E-state index in [1.54, 1.807) is 0 Å². The molecule has 1 aliphatic carbocycles. The first kappa shape index (κ1) is 13.2. The standard InChI is InChI=1S/C12H11ClF3NO/c13-6-12(2-1-3-12)17-11(18)10-8(15)4-7(14)5-9(10)16/h4-5H,1-3,6H2,(H,17,18). The summed E-state index contributed by atoms with van der Waals surface area (Å²) in [5.41, 5.74) is -1.36. The van der Waals surface area contributed by atoms with Crippen LogP contribution in [0, 0.1) is 17.5 Å². The van der Waals surface area contributed by atoms with E-state index in [0.29, 0.717) is 25.0 Å². The highest BCUT2D eigenvalue weighted by Crippen LogP contribution is 2.33. The van der Waals surface area contributed by atoms with Crippen LogP contribution in [0.4, 0.5) is 13.2 Å². The Bertz CT molecular complexity index is 460. The highest BCUT2D eigenvalue weighted by atomic mass is 35.5. The minimum absolute atomic E-state index is 0.184. The van der Waals surface area contributed by atoms with E-state index >= 15 is 0 Å². The molecule has 2 nitrogen and oxygen atoms in total. The molecule has 0 aromatic heterocycles. The molecule has 1 amide bonds. The Morgan fingerprint density at radius 2 is 1.83 bits per heavy atom. The highest BCUT2D eigenvalue weighted by Gasteiger charge is 2.38. The van der Waals surface area contributed by atoms with Crippen LogP contribution < -0.4 is 5.32 Å². The molecule has 1 saturated carbocycles. The number of hydrogen-bond acceptors (Lipinski definition) is 1. The highest BCUT2D eigenvalue weighted by molar-refractivity contribution is 6.19. The van der Waals surface area contributed by atoms with E-state index < -0.39 is 34.5 Å². The zero-order chi connectivity index (χ0) is 13.3. The van der Waals surface area contributed by atoms with Gasteiger partial charge in [-0.3, -0.25) is 4.79 Å². The van der Waals surface area contributed by atoms with Crippen LogP contribution in [0.3, 0.4) is 0 Å². The summed E-state index contributed by atoms with van der Waals surface area (Å²) in [4.78, 5) is 11.8. The normalized spacial score (nSPS) is 17.1. The molecule has 0 unspecified atom stereocenters. The first-order valence-corrected chi connectivity index (χ1v) is 6.04. The zero-order valence-corrected chi connectivity index (χ0v) is 10.2. The number of benzene rings is 1. The summed E-state index contributed by atoms with van der Waals surface area (Å²) in [5.74, 6) is -4.20.